The van der Waals surface area contributed by atoms with E-state index in [1.807, 2.05) is 6.07 Å². The second kappa shape index (κ2) is 10.4. The molecule has 1 aliphatic rings. The van der Waals surface area contributed by atoms with Gasteiger partial charge in [0.25, 0.3) is 11.8 Å². The molecule has 176 valence electrons. The Hall–Kier alpha value is -3.91. The Kier molecular flexibility index (Phi) is 7.08. The van der Waals surface area contributed by atoms with Crippen LogP contribution in [0, 0.1) is 0 Å². The molecule has 0 saturated carbocycles. The molecule has 0 saturated heterocycles. The van der Waals surface area contributed by atoms with E-state index in [9.17, 15) is 9.59 Å². The number of carbonyl (C=O) groups excluding carboxylic acids is 2. The number of amides is 2. The van der Waals surface area contributed by atoms with Crippen molar-refractivity contribution in [2.75, 3.05) is 38.1 Å². The molecule has 2 amide bonds. The summed E-state index contributed by atoms with van der Waals surface area (Å²) in [6.07, 6.45) is 0.719. The maximum Gasteiger partial charge on any atom is 0.255 e. The number of ether oxygens (including phenoxy) is 4. The van der Waals surface area contributed by atoms with E-state index in [2.05, 4.69) is 10.6 Å². The molecular formula is C25H23ClN2O6. The monoisotopic (exact) mass is 482 g/mol. The quantitative estimate of drug-likeness (QED) is 0.512. The van der Waals surface area contributed by atoms with Crippen molar-refractivity contribution in [1.82, 2.24) is 0 Å². The van der Waals surface area contributed by atoms with Crippen molar-refractivity contribution in [1.29, 1.82) is 0 Å². The summed E-state index contributed by atoms with van der Waals surface area (Å²) < 4.78 is 22.2. The summed E-state index contributed by atoms with van der Waals surface area (Å²) in [5.74, 6) is 0.778. The van der Waals surface area contributed by atoms with Gasteiger partial charge in [0, 0.05) is 29.7 Å². The molecule has 8 nitrogen and oxygen atoms in total. The first-order chi connectivity index (χ1) is 16.5. The molecular weight excluding hydrogens is 460 g/mol. The summed E-state index contributed by atoms with van der Waals surface area (Å²) in [7, 11) is 2.93. The number of fused-ring (bicyclic) bond motifs is 1. The van der Waals surface area contributed by atoms with Gasteiger partial charge < -0.3 is 29.6 Å². The summed E-state index contributed by atoms with van der Waals surface area (Å²) in [5, 5.41) is 5.90. The van der Waals surface area contributed by atoms with Crippen LogP contribution in [0.3, 0.4) is 0 Å². The van der Waals surface area contributed by atoms with E-state index in [0.717, 1.165) is 6.42 Å². The predicted octanol–water partition coefficient (Wildman–Crippen LogP) is 5.02. The van der Waals surface area contributed by atoms with Gasteiger partial charge in [-0.05, 0) is 24.3 Å². The van der Waals surface area contributed by atoms with Gasteiger partial charge in [0.05, 0.1) is 43.8 Å². The zero-order valence-corrected chi connectivity index (χ0v) is 19.4. The second-order valence-corrected chi connectivity index (χ2v) is 7.77. The highest BCUT2D eigenvalue weighted by Gasteiger charge is 2.21. The van der Waals surface area contributed by atoms with Crippen LogP contribution < -0.4 is 29.6 Å². The average molecular weight is 483 g/mol. The van der Waals surface area contributed by atoms with Crippen LogP contribution >= 0.6 is 11.6 Å². The fourth-order valence-corrected chi connectivity index (χ4v) is 3.70. The van der Waals surface area contributed by atoms with Crippen molar-refractivity contribution in [2.45, 2.75) is 6.42 Å². The molecule has 1 heterocycles. The highest BCUT2D eigenvalue weighted by atomic mass is 35.5. The standard InChI is InChI=1S/C25H23ClN2O6/c1-31-20-14-19(21(32-2)13-18(20)27-24(29)15-7-4-3-5-8-15)28-25(30)16-11-17(26)23-22(12-16)33-9-6-10-34-23/h3-5,7-8,11-14H,6,9-10H2,1-2H3,(H,27,29)(H,28,30). The molecule has 0 aromatic heterocycles. The highest BCUT2D eigenvalue weighted by Crippen LogP contribution is 2.39. The Morgan fingerprint density at radius 2 is 1.41 bits per heavy atom. The van der Waals surface area contributed by atoms with Crippen molar-refractivity contribution < 1.29 is 28.5 Å². The molecule has 0 spiro atoms. The Morgan fingerprint density at radius 3 is 2.03 bits per heavy atom. The molecule has 9 heteroatoms. The molecule has 0 atom stereocenters. The third-order valence-electron chi connectivity index (χ3n) is 5.12. The molecule has 4 rings (SSSR count). The molecule has 0 fully saturated rings. The van der Waals surface area contributed by atoms with Gasteiger partial charge >= 0.3 is 0 Å². The SMILES string of the molecule is COc1cc(NC(=O)c2cc(Cl)c3c(c2)OCCCO3)c(OC)cc1NC(=O)c1ccccc1. The van der Waals surface area contributed by atoms with Crippen molar-refractivity contribution in [2.24, 2.45) is 0 Å². The van der Waals surface area contributed by atoms with Crippen LogP contribution in [0.1, 0.15) is 27.1 Å². The maximum atomic E-state index is 13.0. The van der Waals surface area contributed by atoms with Gasteiger partial charge in [0.2, 0.25) is 0 Å². The van der Waals surface area contributed by atoms with Gasteiger partial charge in [0.15, 0.2) is 11.5 Å². The molecule has 0 unspecified atom stereocenters. The minimum atomic E-state index is -0.432. The van der Waals surface area contributed by atoms with E-state index in [-0.39, 0.29) is 16.5 Å². The van der Waals surface area contributed by atoms with Gasteiger partial charge in [-0.1, -0.05) is 29.8 Å². The van der Waals surface area contributed by atoms with Gasteiger partial charge in [0.1, 0.15) is 11.5 Å². The third-order valence-corrected chi connectivity index (χ3v) is 5.40. The lowest BCUT2D eigenvalue weighted by atomic mass is 10.1. The Morgan fingerprint density at radius 1 is 0.824 bits per heavy atom. The maximum absolute atomic E-state index is 13.0. The van der Waals surface area contributed by atoms with Crippen LogP contribution in [0.25, 0.3) is 0 Å². The molecule has 0 bridgehead atoms. The van der Waals surface area contributed by atoms with E-state index in [1.54, 1.807) is 42.5 Å². The highest BCUT2D eigenvalue weighted by molar-refractivity contribution is 6.32. The number of halogens is 1. The Bertz CT molecular complexity index is 1220. The number of benzene rings is 3. The zero-order chi connectivity index (χ0) is 24.1. The van der Waals surface area contributed by atoms with Crippen molar-refractivity contribution in [3.05, 3.63) is 70.7 Å². The van der Waals surface area contributed by atoms with Gasteiger partial charge in [-0.3, -0.25) is 9.59 Å². The first-order valence-electron chi connectivity index (χ1n) is 10.5. The lowest BCUT2D eigenvalue weighted by Crippen LogP contribution is -2.15. The van der Waals surface area contributed by atoms with Crippen LogP contribution in [0.5, 0.6) is 23.0 Å². The van der Waals surface area contributed by atoms with Crippen LogP contribution in [0.2, 0.25) is 5.02 Å². The average Bonchev–Trinajstić information content (AvgIpc) is 3.11. The van der Waals surface area contributed by atoms with Gasteiger partial charge in [-0.25, -0.2) is 0 Å². The van der Waals surface area contributed by atoms with E-state index in [1.165, 1.54) is 20.3 Å². The normalized spacial score (nSPS) is 12.3. The molecule has 2 N–H and O–H groups in total. The Labute approximate surface area is 201 Å². The van der Waals surface area contributed by atoms with Gasteiger partial charge in [-0.2, -0.15) is 0 Å². The largest absolute Gasteiger partial charge is 0.494 e. The number of hydrogen-bond acceptors (Lipinski definition) is 6. The van der Waals surface area contributed by atoms with Crippen molar-refractivity contribution in [3.63, 3.8) is 0 Å². The van der Waals surface area contributed by atoms with E-state index in [0.29, 0.717) is 53.2 Å². The summed E-state index contributed by atoms with van der Waals surface area (Å²) in [6.45, 7) is 0.956. The van der Waals surface area contributed by atoms with Crippen LogP contribution in [0.15, 0.2) is 54.6 Å². The molecule has 0 radical (unpaired) electrons. The lowest BCUT2D eigenvalue weighted by Gasteiger charge is -2.17. The number of carbonyl (C=O) groups is 2. The van der Waals surface area contributed by atoms with Crippen LogP contribution in [-0.2, 0) is 0 Å². The van der Waals surface area contributed by atoms with Crippen LogP contribution in [0.4, 0.5) is 11.4 Å². The number of nitrogens with one attached hydrogen (secondary N) is 2. The van der Waals surface area contributed by atoms with Gasteiger partial charge in [-0.15, -0.1) is 0 Å². The van der Waals surface area contributed by atoms with Crippen LogP contribution in [-0.4, -0.2) is 39.2 Å². The third kappa shape index (κ3) is 5.02. The summed E-state index contributed by atoms with van der Waals surface area (Å²) in [4.78, 5) is 25.6. The van der Waals surface area contributed by atoms with E-state index < -0.39 is 5.91 Å². The van der Waals surface area contributed by atoms with Crippen molar-refractivity contribution >= 4 is 34.8 Å². The second-order valence-electron chi connectivity index (χ2n) is 7.36. The summed E-state index contributed by atoms with van der Waals surface area (Å²) in [5.41, 5.74) is 1.53. The molecule has 3 aromatic carbocycles. The number of anilines is 2. The number of rotatable bonds is 6. The fraction of sp³-hybridized carbons (Fsp3) is 0.200. The minimum absolute atomic E-state index is 0.285. The summed E-state index contributed by atoms with van der Waals surface area (Å²) >= 11 is 6.32. The fourth-order valence-electron chi connectivity index (χ4n) is 3.43. The molecule has 3 aromatic rings. The van der Waals surface area contributed by atoms with E-state index in [4.69, 9.17) is 30.5 Å². The number of hydrogen-bond donors (Lipinski definition) is 2. The smallest absolute Gasteiger partial charge is 0.255 e. The molecule has 0 aliphatic carbocycles. The lowest BCUT2D eigenvalue weighted by molar-refractivity contribution is 0.101. The topological polar surface area (TPSA) is 95.1 Å². The molecule has 34 heavy (non-hydrogen) atoms. The van der Waals surface area contributed by atoms with E-state index >= 15 is 0 Å². The first-order valence-corrected chi connectivity index (χ1v) is 10.9. The summed E-state index contributed by atoms with van der Waals surface area (Å²) in [6, 6.07) is 15.0. The minimum Gasteiger partial charge on any atom is -0.494 e. The number of methoxy groups -OCH3 is 2. The van der Waals surface area contributed by atoms with Crippen molar-refractivity contribution in [3.8, 4) is 23.0 Å². The Balaban J connectivity index is 1.59. The first kappa shape index (κ1) is 23.3. The zero-order valence-electron chi connectivity index (χ0n) is 18.6. The predicted molar refractivity (Wildman–Crippen MR) is 129 cm³/mol. The molecule has 1 aliphatic heterocycles.